The summed E-state index contributed by atoms with van der Waals surface area (Å²) in [5.74, 6) is 0.873. The van der Waals surface area contributed by atoms with Crippen molar-refractivity contribution in [1.82, 2.24) is 14.5 Å². The first-order valence-corrected chi connectivity index (χ1v) is 13.1. The summed E-state index contributed by atoms with van der Waals surface area (Å²) in [4.78, 5) is 32.2. The Morgan fingerprint density at radius 3 is 2.51 bits per heavy atom. The summed E-state index contributed by atoms with van der Waals surface area (Å²) >= 11 is 0. The Morgan fingerprint density at radius 1 is 1.17 bits per heavy atom. The highest BCUT2D eigenvalue weighted by Gasteiger charge is 2.48. The van der Waals surface area contributed by atoms with Gasteiger partial charge in [0.05, 0.1) is 24.2 Å². The molecule has 1 amide bonds. The molecule has 7 heteroatoms. The summed E-state index contributed by atoms with van der Waals surface area (Å²) in [7, 11) is 0. The van der Waals surface area contributed by atoms with E-state index in [0.29, 0.717) is 44.1 Å². The fourth-order valence-electron chi connectivity index (χ4n) is 5.63. The summed E-state index contributed by atoms with van der Waals surface area (Å²) in [6.07, 6.45) is 9.93. The molecule has 0 radical (unpaired) electrons. The van der Waals surface area contributed by atoms with Gasteiger partial charge in [-0.2, -0.15) is 0 Å². The number of hydrogen-bond donors (Lipinski definition) is 2. The molecule has 1 unspecified atom stereocenters. The van der Waals surface area contributed by atoms with Crippen molar-refractivity contribution in [2.24, 2.45) is 17.1 Å². The maximum atomic E-state index is 12.9. The first-order valence-electron chi connectivity index (χ1n) is 13.1. The molecule has 0 spiro atoms. The summed E-state index contributed by atoms with van der Waals surface area (Å²) < 4.78 is 1.49. The van der Waals surface area contributed by atoms with Crippen LogP contribution in [0.2, 0.25) is 0 Å². The molecule has 1 atom stereocenters. The minimum absolute atomic E-state index is 0.155. The van der Waals surface area contributed by atoms with Crippen LogP contribution in [0.1, 0.15) is 70.8 Å². The zero-order valence-electron chi connectivity index (χ0n) is 21.2. The monoisotopic (exact) mass is 480 g/mol. The normalized spacial score (nSPS) is 22.8. The Morgan fingerprint density at radius 2 is 1.89 bits per heavy atom. The van der Waals surface area contributed by atoms with Gasteiger partial charge in [0.2, 0.25) is 5.91 Å². The summed E-state index contributed by atoms with van der Waals surface area (Å²) in [6, 6.07) is 9.19. The lowest BCUT2D eigenvalue weighted by molar-refractivity contribution is -0.154. The second-order valence-corrected chi connectivity index (χ2v) is 11.2. The van der Waals surface area contributed by atoms with Crippen molar-refractivity contribution in [1.29, 1.82) is 0 Å². The van der Waals surface area contributed by atoms with Gasteiger partial charge in [0.1, 0.15) is 0 Å². The molecule has 1 aromatic carbocycles. The first-order chi connectivity index (χ1) is 16.7. The van der Waals surface area contributed by atoms with Gasteiger partial charge in [0, 0.05) is 43.1 Å². The van der Waals surface area contributed by atoms with Crippen LogP contribution in [0.25, 0.3) is 11.3 Å². The lowest BCUT2D eigenvalue weighted by Gasteiger charge is -2.50. The highest BCUT2D eigenvalue weighted by atomic mass is 16.3. The predicted molar refractivity (Wildman–Crippen MR) is 138 cm³/mol. The predicted octanol–water partition coefficient (Wildman–Crippen LogP) is 3.72. The number of hydrogen-bond acceptors (Lipinski definition) is 5. The quantitative estimate of drug-likeness (QED) is 0.629. The fraction of sp³-hybridized carbons (Fsp3) is 0.607. The molecule has 3 N–H and O–H groups in total. The number of likely N-dealkylation sites (tertiary alicyclic amines) is 1. The van der Waals surface area contributed by atoms with Crippen LogP contribution < -0.4 is 11.3 Å². The summed E-state index contributed by atoms with van der Waals surface area (Å²) in [6.45, 7) is 5.59. The minimum atomic E-state index is -1.11. The largest absolute Gasteiger partial charge is 0.387 e. The van der Waals surface area contributed by atoms with Crippen molar-refractivity contribution in [3.63, 3.8) is 0 Å². The Labute approximate surface area is 208 Å². The van der Waals surface area contributed by atoms with Gasteiger partial charge in [-0.25, -0.2) is 4.98 Å². The van der Waals surface area contributed by atoms with E-state index in [0.717, 1.165) is 17.5 Å². The number of piperidine rings is 1. The van der Waals surface area contributed by atoms with Crippen LogP contribution in [-0.2, 0) is 17.9 Å². The van der Waals surface area contributed by atoms with E-state index in [9.17, 15) is 14.7 Å². The van der Waals surface area contributed by atoms with E-state index in [4.69, 9.17) is 5.73 Å². The second kappa shape index (κ2) is 10.6. The maximum absolute atomic E-state index is 12.9. The van der Waals surface area contributed by atoms with Gasteiger partial charge in [-0.1, -0.05) is 70.2 Å². The van der Waals surface area contributed by atoms with Crippen molar-refractivity contribution in [3.8, 4) is 11.3 Å². The lowest BCUT2D eigenvalue weighted by atomic mass is 9.69. The Hall–Kier alpha value is -2.51. The van der Waals surface area contributed by atoms with Gasteiger partial charge >= 0.3 is 0 Å². The van der Waals surface area contributed by atoms with Crippen LogP contribution in [0.5, 0.6) is 0 Å². The van der Waals surface area contributed by atoms with Gasteiger partial charge in [-0.3, -0.25) is 14.2 Å². The van der Waals surface area contributed by atoms with Gasteiger partial charge in [0.25, 0.3) is 5.56 Å². The number of nitrogens with zero attached hydrogens (tertiary/aromatic N) is 3. The number of aliphatic hydroxyl groups is 1. The van der Waals surface area contributed by atoms with Crippen molar-refractivity contribution in [3.05, 3.63) is 52.6 Å². The second-order valence-electron chi connectivity index (χ2n) is 11.2. The van der Waals surface area contributed by atoms with E-state index in [1.54, 1.807) is 0 Å². The first kappa shape index (κ1) is 25.6. The Kier molecular flexibility index (Phi) is 7.77. The number of aromatic nitrogens is 2. The molecule has 35 heavy (non-hydrogen) atoms. The average Bonchev–Trinajstić information content (AvgIpc) is 2.86. The van der Waals surface area contributed by atoms with E-state index < -0.39 is 11.0 Å². The third-order valence-electron chi connectivity index (χ3n) is 8.28. The average molecular weight is 481 g/mol. The van der Waals surface area contributed by atoms with Gasteiger partial charge in [-0.15, -0.1) is 0 Å². The third-order valence-corrected chi connectivity index (χ3v) is 8.28. The maximum Gasteiger partial charge on any atom is 0.253 e. The van der Waals surface area contributed by atoms with Gasteiger partial charge in [0.15, 0.2) is 0 Å². The molecule has 1 aliphatic carbocycles. The van der Waals surface area contributed by atoms with Crippen LogP contribution in [-0.4, -0.2) is 44.2 Å². The molecule has 1 saturated carbocycles. The Balaban J connectivity index is 1.40. The van der Waals surface area contributed by atoms with Crippen molar-refractivity contribution < 1.29 is 9.90 Å². The fourth-order valence-corrected chi connectivity index (χ4v) is 5.63. The smallest absolute Gasteiger partial charge is 0.253 e. The van der Waals surface area contributed by atoms with Crippen LogP contribution >= 0.6 is 0 Å². The van der Waals surface area contributed by atoms with Crippen molar-refractivity contribution in [2.45, 2.75) is 83.9 Å². The zero-order valence-corrected chi connectivity index (χ0v) is 21.2. The van der Waals surface area contributed by atoms with Crippen molar-refractivity contribution in [2.75, 3.05) is 13.1 Å². The number of benzene rings is 1. The summed E-state index contributed by atoms with van der Waals surface area (Å²) in [5, 5.41) is 11.6. The SMILES string of the molecule is CC1(C)CN(C(=O)CCC2CCCCC2)CCC1(O)Cn1cnc(-c2ccc(CN)cc2)cc1=O. The molecular formula is C28H40N4O3. The molecule has 2 heterocycles. The molecule has 190 valence electrons. The van der Waals surface area contributed by atoms with Crippen LogP contribution in [0.15, 0.2) is 41.5 Å². The van der Waals surface area contributed by atoms with Crippen LogP contribution in [0.3, 0.4) is 0 Å². The molecular weight excluding hydrogens is 440 g/mol. The third kappa shape index (κ3) is 5.84. The standard InChI is InChI=1S/C28H40N4O3/c1-27(2)18-31(25(33)13-10-21-6-4-3-5-7-21)15-14-28(27,35)19-32-20-30-24(16-26(32)34)23-11-8-22(17-29)9-12-23/h8-9,11-12,16,20-21,35H,3-7,10,13-15,17-19,29H2,1-2H3. The zero-order chi connectivity index (χ0) is 25.1. The molecule has 0 bridgehead atoms. The van der Waals surface area contributed by atoms with E-state index in [-0.39, 0.29) is 18.0 Å². The van der Waals surface area contributed by atoms with Crippen LogP contribution in [0.4, 0.5) is 0 Å². The molecule has 1 saturated heterocycles. The number of carbonyl (C=O) groups is 1. The molecule has 1 aliphatic heterocycles. The van der Waals surface area contributed by atoms with E-state index in [1.807, 2.05) is 43.0 Å². The minimum Gasteiger partial charge on any atom is -0.387 e. The highest BCUT2D eigenvalue weighted by Crippen LogP contribution is 2.40. The molecule has 4 rings (SSSR count). The number of amides is 1. The molecule has 2 aromatic rings. The number of nitrogens with two attached hydrogens (primary N) is 1. The molecule has 2 fully saturated rings. The van der Waals surface area contributed by atoms with Gasteiger partial charge < -0.3 is 15.7 Å². The van der Waals surface area contributed by atoms with Crippen molar-refractivity contribution >= 4 is 5.91 Å². The Bertz CT molecular complexity index is 1070. The number of rotatable bonds is 7. The summed E-state index contributed by atoms with van der Waals surface area (Å²) in [5.41, 5.74) is 6.27. The van der Waals surface area contributed by atoms with E-state index in [2.05, 4.69) is 4.98 Å². The van der Waals surface area contributed by atoms with E-state index >= 15 is 0 Å². The van der Waals surface area contributed by atoms with Gasteiger partial charge in [-0.05, 0) is 24.3 Å². The van der Waals surface area contributed by atoms with Crippen LogP contribution in [0, 0.1) is 11.3 Å². The van der Waals surface area contributed by atoms with E-state index in [1.165, 1.54) is 49.1 Å². The number of carbonyl (C=O) groups excluding carboxylic acids is 1. The molecule has 7 nitrogen and oxygen atoms in total. The molecule has 1 aromatic heterocycles. The topological polar surface area (TPSA) is 101 Å². The highest BCUT2D eigenvalue weighted by molar-refractivity contribution is 5.76. The molecule has 2 aliphatic rings. The lowest BCUT2D eigenvalue weighted by Crippen LogP contribution is -2.60.